The van der Waals surface area contributed by atoms with E-state index in [-0.39, 0.29) is 0 Å². The summed E-state index contributed by atoms with van der Waals surface area (Å²) >= 11 is 0. The van der Waals surface area contributed by atoms with Gasteiger partial charge in [-0.3, -0.25) is 0 Å². The minimum Gasteiger partial charge on any atom is -0.399 e. The molecule has 0 aliphatic heterocycles. The average molecular weight is 151 g/mol. The summed E-state index contributed by atoms with van der Waals surface area (Å²) in [5, 5.41) is 3.61. The number of hydrogen-bond donors (Lipinski definition) is 0. The van der Waals surface area contributed by atoms with E-state index in [2.05, 4.69) is 21.8 Å². The quantitative estimate of drug-likeness (QED) is 0.261. The predicted molar refractivity (Wildman–Crippen MR) is 45.2 cm³/mol. The fraction of sp³-hybridized carbons (Fsp3) is 0.667. The molecule has 1 aliphatic carbocycles. The molecule has 0 amide bonds. The van der Waals surface area contributed by atoms with Crippen LogP contribution in [0.5, 0.6) is 0 Å². The highest BCUT2D eigenvalue weighted by Gasteiger charge is 2.17. The van der Waals surface area contributed by atoms with Gasteiger partial charge in [0.2, 0.25) is 0 Å². The van der Waals surface area contributed by atoms with E-state index < -0.39 is 0 Å². The van der Waals surface area contributed by atoms with Gasteiger partial charge in [0.25, 0.3) is 0 Å². The number of rotatable bonds is 3. The van der Waals surface area contributed by atoms with Crippen LogP contribution in [0.1, 0.15) is 25.7 Å². The molecule has 0 atom stereocenters. The van der Waals surface area contributed by atoms with Crippen LogP contribution in [-0.2, 0) is 4.84 Å². The molecular weight excluding hydrogens is 138 g/mol. The number of oxime groups is 1. The van der Waals surface area contributed by atoms with Crippen molar-refractivity contribution in [2.24, 2.45) is 11.1 Å². The van der Waals surface area contributed by atoms with Crippen LogP contribution < -0.4 is 0 Å². The molecule has 1 rings (SSSR count). The second kappa shape index (κ2) is 4.79. The van der Waals surface area contributed by atoms with Gasteiger partial charge in [0.05, 0.1) is 0 Å². The van der Waals surface area contributed by atoms with Crippen molar-refractivity contribution in [1.82, 2.24) is 0 Å². The summed E-state index contributed by atoms with van der Waals surface area (Å²) in [7, 11) is 1.55. The fourth-order valence-electron chi connectivity index (χ4n) is 0.708. The van der Waals surface area contributed by atoms with Crippen LogP contribution in [-0.4, -0.2) is 13.3 Å². The Morgan fingerprint density at radius 1 is 1.64 bits per heavy atom. The summed E-state index contributed by atoms with van der Waals surface area (Å²) in [4.78, 5) is 4.50. The van der Waals surface area contributed by atoms with E-state index in [9.17, 15) is 0 Å². The molecule has 0 aromatic rings. The predicted octanol–water partition coefficient (Wildman–Crippen LogP) is 1.81. The highest BCUT2D eigenvalue weighted by atomic mass is 16.6. The first-order valence-electron chi connectivity index (χ1n) is 3.97. The molecule has 1 saturated carbocycles. The van der Waals surface area contributed by atoms with Crippen molar-refractivity contribution in [3.05, 3.63) is 0 Å². The first kappa shape index (κ1) is 8.13. The summed E-state index contributed by atoms with van der Waals surface area (Å²) in [5.41, 5.74) is 0. The zero-order chi connectivity index (χ0) is 7.94. The van der Waals surface area contributed by atoms with Gasteiger partial charge in [0, 0.05) is 18.6 Å². The van der Waals surface area contributed by atoms with Gasteiger partial charge in [0.1, 0.15) is 7.11 Å². The van der Waals surface area contributed by atoms with E-state index in [1.807, 2.05) is 0 Å². The van der Waals surface area contributed by atoms with Crippen LogP contribution in [0.3, 0.4) is 0 Å². The molecule has 0 spiro atoms. The highest BCUT2D eigenvalue weighted by Crippen LogP contribution is 2.27. The third-order valence-electron chi connectivity index (χ3n) is 1.46. The van der Waals surface area contributed by atoms with Crippen LogP contribution in [0, 0.1) is 17.8 Å². The number of nitrogens with zero attached hydrogens (tertiary/aromatic N) is 1. The molecule has 1 fully saturated rings. The van der Waals surface area contributed by atoms with E-state index in [0.717, 1.165) is 18.8 Å². The second-order valence-corrected chi connectivity index (χ2v) is 2.60. The molecule has 0 aromatic heterocycles. The van der Waals surface area contributed by atoms with Crippen LogP contribution in [0.4, 0.5) is 0 Å². The maximum atomic E-state index is 4.50. The van der Waals surface area contributed by atoms with Crippen molar-refractivity contribution < 1.29 is 4.84 Å². The third-order valence-corrected chi connectivity index (χ3v) is 1.46. The van der Waals surface area contributed by atoms with Crippen LogP contribution >= 0.6 is 0 Å². The van der Waals surface area contributed by atoms with Crippen molar-refractivity contribution in [2.45, 2.75) is 25.7 Å². The maximum Gasteiger partial charge on any atom is 0.106 e. The summed E-state index contributed by atoms with van der Waals surface area (Å²) in [6, 6.07) is 0. The Bertz CT molecular complexity index is 183. The minimum absolute atomic E-state index is 0.717. The average Bonchev–Trinajstić information content (AvgIpc) is 2.80. The molecule has 0 unspecified atom stereocenters. The maximum absolute atomic E-state index is 4.50. The molecule has 2 heteroatoms. The summed E-state index contributed by atoms with van der Waals surface area (Å²) in [6.07, 6.45) is 6.16. The van der Waals surface area contributed by atoms with Crippen molar-refractivity contribution in [1.29, 1.82) is 0 Å². The smallest absolute Gasteiger partial charge is 0.106 e. The Morgan fingerprint density at radius 2 is 2.45 bits per heavy atom. The van der Waals surface area contributed by atoms with Gasteiger partial charge in [-0.15, -0.1) is 5.92 Å². The Kier molecular flexibility index (Phi) is 3.54. The zero-order valence-corrected chi connectivity index (χ0v) is 6.84. The second-order valence-electron chi connectivity index (χ2n) is 2.60. The van der Waals surface area contributed by atoms with Crippen LogP contribution in [0.2, 0.25) is 0 Å². The number of unbranched alkanes of at least 4 members (excludes halogenated alkanes) is 1. The Balaban J connectivity index is 1.95. The van der Waals surface area contributed by atoms with E-state index >= 15 is 0 Å². The van der Waals surface area contributed by atoms with Crippen molar-refractivity contribution in [3.8, 4) is 11.8 Å². The SMILES string of the molecule is CON=CCCC#CC1CC1. The van der Waals surface area contributed by atoms with Gasteiger partial charge in [-0.05, 0) is 19.3 Å². The third kappa shape index (κ3) is 4.44. The molecule has 0 radical (unpaired) electrons. The van der Waals surface area contributed by atoms with Crippen LogP contribution in [0.15, 0.2) is 5.16 Å². The molecule has 0 N–H and O–H groups in total. The van der Waals surface area contributed by atoms with Gasteiger partial charge in [-0.25, -0.2) is 0 Å². The van der Waals surface area contributed by atoms with Crippen molar-refractivity contribution >= 4 is 6.21 Å². The lowest BCUT2D eigenvalue weighted by Gasteiger charge is -1.83. The molecule has 2 nitrogen and oxygen atoms in total. The van der Waals surface area contributed by atoms with Gasteiger partial charge in [0.15, 0.2) is 0 Å². The molecule has 60 valence electrons. The monoisotopic (exact) mass is 151 g/mol. The standard InChI is InChI=1S/C9H13NO/c1-11-10-8-4-2-3-5-9-6-7-9/h8-9H,2,4,6-7H2,1H3. The molecule has 0 heterocycles. The lowest BCUT2D eigenvalue weighted by Crippen LogP contribution is -1.75. The zero-order valence-electron chi connectivity index (χ0n) is 6.84. The molecule has 11 heavy (non-hydrogen) atoms. The van der Waals surface area contributed by atoms with E-state index in [1.54, 1.807) is 13.3 Å². The summed E-state index contributed by atoms with van der Waals surface area (Å²) in [5.74, 6) is 7.01. The van der Waals surface area contributed by atoms with E-state index in [4.69, 9.17) is 0 Å². The molecular formula is C9H13NO. The Labute approximate surface area is 67.6 Å². The normalized spacial score (nSPS) is 16.1. The van der Waals surface area contributed by atoms with Crippen molar-refractivity contribution in [2.75, 3.05) is 7.11 Å². The van der Waals surface area contributed by atoms with Gasteiger partial charge < -0.3 is 4.84 Å². The summed E-state index contributed by atoms with van der Waals surface area (Å²) < 4.78 is 0. The summed E-state index contributed by atoms with van der Waals surface area (Å²) in [6.45, 7) is 0. The van der Waals surface area contributed by atoms with Gasteiger partial charge >= 0.3 is 0 Å². The first-order valence-corrected chi connectivity index (χ1v) is 3.97. The van der Waals surface area contributed by atoms with Gasteiger partial charge in [-0.1, -0.05) is 11.1 Å². The molecule has 0 aromatic carbocycles. The molecule has 1 aliphatic rings. The lowest BCUT2D eigenvalue weighted by atomic mass is 10.3. The fourth-order valence-corrected chi connectivity index (χ4v) is 0.708. The van der Waals surface area contributed by atoms with Crippen molar-refractivity contribution in [3.63, 3.8) is 0 Å². The Morgan fingerprint density at radius 3 is 3.09 bits per heavy atom. The minimum atomic E-state index is 0.717. The highest BCUT2D eigenvalue weighted by molar-refractivity contribution is 5.56. The van der Waals surface area contributed by atoms with E-state index in [0.29, 0.717) is 0 Å². The lowest BCUT2D eigenvalue weighted by molar-refractivity contribution is 0.214. The number of hydrogen-bond acceptors (Lipinski definition) is 2. The van der Waals surface area contributed by atoms with Crippen LogP contribution in [0.25, 0.3) is 0 Å². The Hall–Kier alpha value is -0.970. The van der Waals surface area contributed by atoms with Gasteiger partial charge in [-0.2, -0.15) is 0 Å². The van der Waals surface area contributed by atoms with E-state index in [1.165, 1.54) is 12.8 Å². The largest absolute Gasteiger partial charge is 0.399 e. The topological polar surface area (TPSA) is 21.6 Å². The molecule has 0 saturated heterocycles. The first-order chi connectivity index (χ1) is 5.43. The molecule has 0 bridgehead atoms.